The second-order valence-corrected chi connectivity index (χ2v) is 2.00. The molecule has 0 aromatic carbocycles. The summed E-state index contributed by atoms with van der Waals surface area (Å²) >= 11 is -0.0725. The van der Waals surface area contributed by atoms with Crippen LogP contribution in [0.15, 0.2) is 10.6 Å². The van der Waals surface area contributed by atoms with Crippen molar-refractivity contribution in [1.82, 2.24) is 0 Å². The minimum absolute atomic E-state index is 0.0725. The smallest absolute Gasteiger partial charge is 0.350 e. The topological polar surface area (TPSA) is 150 Å². The summed E-state index contributed by atoms with van der Waals surface area (Å²) in [6, 6.07) is 0. The van der Waals surface area contributed by atoms with Gasteiger partial charge < -0.3 is 9.68 Å². The number of hydrogen-bond donors (Lipinski definition) is 0. The van der Waals surface area contributed by atoms with Gasteiger partial charge in [0, 0.05) is 9.82 Å². The quantitative estimate of drug-likeness (QED) is 0.292. The summed E-state index contributed by atoms with van der Waals surface area (Å²) < 4.78 is 0. The molecule has 0 spiro atoms. The maximum Gasteiger partial charge on any atom is 0.390 e. The van der Waals surface area contributed by atoms with Crippen LogP contribution >= 0.6 is 11.8 Å². The Bertz CT molecular complexity index is 272. The molecule has 0 amide bonds. The molecule has 0 aromatic heterocycles. The molecule has 0 radical (unpaired) electrons. The van der Waals surface area contributed by atoms with E-state index in [0.29, 0.717) is 0 Å². The normalized spacial score (nSPS) is 7.38. The van der Waals surface area contributed by atoms with Crippen LogP contribution in [0.2, 0.25) is 0 Å². The Morgan fingerprint density at radius 2 is 1.46 bits per heavy atom. The van der Waals surface area contributed by atoms with E-state index in [1.54, 1.807) is 0 Å². The van der Waals surface area contributed by atoms with Crippen molar-refractivity contribution in [2.45, 2.75) is 0 Å². The Morgan fingerprint density at radius 1 is 1.08 bits per heavy atom. The van der Waals surface area contributed by atoms with Crippen molar-refractivity contribution in [3.63, 3.8) is 0 Å². The first-order valence-corrected chi connectivity index (χ1v) is 3.21. The van der Waals surface area contributed by atoms with Crippen molar-refractivity contribution in [2.24, 2.45) is 10.6 Å². The molecule has 0 N–H and O–H groups in total. The third kappa shape index (κ3) is 6.31. The number of azide groups is 2. The molecule has 68 valence electrons. The maximum absolute atomic E-state index is 10.4. The van der Waals surface area contributed by atoms with Gasteiger partial charge in [-0.3, -0.25) is 0 Å². The molecule has 13 heavy (non-hydrogen) atoms. The average Bonchev–Trinajstić information content (AvgIpc) is 2.11. The Balaban J connectivity index is 3.84. The molecule has 0 rings (SSSR count). The van der Waals surface area contributed by atoms with Crippen LogP contribution in [-0.2, 0) is 9.68 Å². The lowest BCUT2D eigenvalue weighted by molar-refractivity contribution is 0.171. The minimum Gasteiger partial charge on any atom is -0.350 e. The van der Waals surface area contributed by atoms with Crippen LogP contribution < -0.4 is 0 Å². The molecule has 0 unspecified atom stereocenters. The van der Waals surface area contributed by atoms with E-state index < -0.39 is 10.6 Å². The van der Waals surface area contributed by atoms with Crippen molar-refractivity contribution in [3.05, 3.63) is 20.9 Å². The summed E-state index contributed by atoms with van der Waals surface area (Å²) in [7, 11) is 0. The van der Waals surface area contributed by atoms with Crippen molar-refractivity contribution >= 4 is 22.4 Å². The lowest BCUT2D eigenvalue weighted by Crippen LogP contribution is -1.97. The van der Waals surface area contributed by atoms with E-state index in [0.717, 1.165) is 0 Å². The van der Waals surface area contributed by atoms with E-state index in [1.165, 1.54) is 0 Å². The molecule has 0 aliphatic carbocycles. The van der Waals surface area contributed by atoms with Crippen LogP contribution in [-0.4, -0.2) is 10.6 Å². The van der Waals surface area contributed by atoms with Crippen LogP contribution in [0.4, 0.5) is 9.59 Å². The molecular weight excluding hydrogens is 204 g/mol. The molecular formula is C2N6O4S. The Kier molecular flexibility index (Phi) is 5.55. The standard InChI is InChI=1S/C2N6O4S/c3-5-7-11-1(9)13-2(10)12-8-6-4. The van der Waals surface area contributed by atoms with Gasteiger partial charge in [-0.15, -0.1) is 0 Å². The summed E-state index contributed by atoms with van der Waals surface area (Å²) in [5.41, 5.74) is 15.4. The van der Waals surface area contributed by atoms with Gasteiger partial charge >= 0.3 is 10.6 Å². The number of carbonyl (C=O) groups excluding carboxylic acids is 2. The highest BCUT2D eigenvalue weighted by Crippen LogP contribution is 2.09. The third-order valence-corrected chi connectivity index (χ3v) is 0.953. The van der Waals surface area contributed by atoms with E-state index in [2.05, 4.69) is 30.1 Å². The predicted octanol–water partition coefficient (Wildman–Crippen LogP) is 2.44. The molecule has 0 fully saturated rings. The fourth-order valence-electron chi connectivity index (χ4n) is 0.208. The Labute approximate surface area is 74.0 Å². The number of carbonyl (C=O) groups is 2. The zero-order valence-corrected chi connectivity index (χ0v) is 6.54. The van der Waals surface area contributed by atoms with Gasteiger partial charge in [-0.1, -0.05) is 0 Å². The molecule has 0 aliphatic rings. The molecule has 0 saturated heterocycles. The van der Waals surface area contributed by atoms with E-state index >= 15 is 0 Å². The number of hydrogen-bond acceptors (Lipinski definition) is 7. The second kappa shape index (κ2) is 6.61. The van der Waals surface area contributed by atoms with E-state index in [-0.39, 0.29) is 11.8 Å². The molecule has 0 aliphatic heterocycles. The largest absolute Gasteiger partial charge is 0.390 e. The minimum atomic E-state index is -1.20. The third-order valence-electron chi connectivity index (χ3n) is 0.470. The Morgan fingerprint density at radius 3 is 1.77 bits per heavy atom. The van der Waals surface area contributed by atoms with Crippen molar-refractivity contribution in [1.29, 1.82) is 0 Å². The van der Waals surface area contributed by atoms with Crippen LogP contribution in [0.3, 0.4) is 0 Å². The lowest BCUT2D eigenvalue weighted by Gasteiger charge is -1.92. The number of nitrogens with zero attached hydrogens (tertiary/aromatic N) is 6. The molecule has 0 bridgehead atoms. The van der Waals surface area contributed by atoms with Crippen molar-refractivity contribution in [3.8, 4) is 0 Å². The highest BCUT2D eigenvalue weighted by atomic mass is 32.2. The molecule has 0 saturated carbocycles. The van der Waals surface area contributed by atoms with E-state index in [9.17, 15) is 9.59 Å². The van der Waals surface area contributed by atoms with Gasteiger partial charge in [-0.05, 0) is 11.1 Å². The fourth-order valence-corrected chi connectivity index (χ4v) is 0.486. The van der Waals surface area contributed by atoms with Gasteiger partial charge in [-0.25, -0.2) is 9.59 Å². The lowest BCUT2D eigenvalue weighted by atomic mass is 11.6. The van der Waals surface area contributed by atoms with E-state index in [4.69, 9.17) is 11.1 Å². The van der Waals surface area contributed by atoms with Crippen molar-refractivity contribution in [2.75, 3.05) is 0 Å². The average molecular weight is 204 g/mol. The summed E-state index contributed by atoms with van der Waals surface area (Å²) in [5, 5.41) is 2.41. The molecule has 11 heteroatoms. The molecule has 0 heterocycles. The highest BCUT2D eigenvalue weighted by molar-refractivity contribution is 8.25. The zero-order chi connectivity index (χ0) is 10.1. The van der Waals surface area contributed by atoms with Gasteiger partial charge in [0.25, 0.3) is 0 Å². The number of thioether (sulfide) groups is 1. The first kappa shape index (κ1) is 10.9. The van der Waals surface area contributed by atoms with Crippen molar-refractivity contribution < 1.29 is 19.3 Å². The fraction of sp³-hybridized carbons (Fsp3) is 0. The molecule has 0 aromatic rings. The van der Waals surface area contributed by atoms with E-state index in [1.807, 2.05) is 0 Å². The maximum atomic E-state index is 10.4. The summed E-state index contributed by atoms with van der Waals surface area (Å²) in [6.45, 7) is 0. The highest BCUT2D eigenvalue weighted by Gasteiger charge is 2.12. The van der Waals surface area contributed by atoms with Gasteiger partial charge in [0.05, 0.1) is 11.8 Å². The monoisotopic (exact) mass is 204 g/mol. The molecule has 10 nitrogen and oxygen atoms in total. The molecule has 0 atom stereocenters. The van der Waals surface area contributed by atoms with Crippen LogP contribution in [0.25, 0.3) is 20.9 Å². The predicted molar refractivity (Wildman–Crippen MR) is 38.8 cm³/mol. The summed E-state index contributed by atoms with van der Waals surface area (Å²) in [5.74, 6) is 0. The zero-order valence-electron chi connectivity index (χ0n) is 5.72. The van der Waals surface area contributed by atoms with Crippen LogP contribution in [0, 0.1) is 0 Å². The van der Waals surface area contributed by atoms with Crippen LogP contribution in [0.5, 0.6) is 0 Å². The SMILES string of the molecule is [N-]=[N+]=NOC(=O)SC(=O)ON=[N+]=[N-]. The number of rotatable bonds is 2. The van der Waals surface area contributed by atoms with Gasteiger partial charge in [0.1, 0.15) is 10.6 Å². The van der Waals surface area contributed by atoms with Crippen LogP contribution in [0.1, 0.15) is 0 Å². The first-order chi connectivity index (χ1) is 6.20. The van der Waals surface area contributed by atoms with Gasteiger partial charge in [0.15, 0.2) is 0 Å². The summed E-state index contributed by atoms with van der Waals surface area (Å²) in [4.78, 5) is 32.5. The first-order valence-electron chi connectivity index (χ1n) is 2.39. The van der Waals surface area contributed by atoms with Gasteiger partial charge in [0.2, 0.25) is 0 Å². The summed E-state index contributed by atoms with van der Waals surface area (Å²) in [6.07, 6.45) is 0. The second-order valence-electron chi connectivity index (χ2n) is 1.13. The Hall–Kier alpha value is -2.09. The van der Waals surface area contributed by atoms with Gasteiger partial charge in [-0.2, -0.15) is 0 Å².